The van der Waals surface area contributed by atoms with Gasteiger partial charge in [0.05, 0.1) is 0 Å². The molecule has 1 amide bonds. The Labute approximate surface area is 180 Å². The summed E-state index contributed by atoms with van der Waals surface area (Å²) < 4.78 is 11.4. The molecule has 1 rings (SSSR count). The van der Waals surface area contributed by atoms with Gasteiger partial charge in [-0.2, -0.15) is 0 Å². The van der Waals surface area contributed by atoms with Crippen LogP contribution in [0.3, 0.4) is 0 Å². The monoisotopic (exact) mass is 517 g/mol. The molecular weight excluding hydrogens is 469 g/mol. The van der Waals surface area contributed by atoms with Crippen molar-refractivity contribution in [1.82, 2.24) is 4.90 Å². The molecule has 5 heteroatoms. The molecule has 1 fully saturated rings. The number of unbranched alkanes of at least 4 members (excludes halogenated alkanes) is 3. The molecule has 0 N–H and O–H groups in total. The van der Waals surface area contributed by atoms with Crippen LogP contribution in [0.15, 0.2) is 9.41 Å². The molecule has 0 aromatic rings. The van der Waals surface area contributed by atoms with Crippen LogP contribution in [-0.2, 0) is 4.74 Å². The van der Waals surface area contributed by atoms with Crippen LogP contribution in [-0.4, -0.2) is 50.1 Å². The van der Waals surface area contributed by atoms with Gasteiger partial charge < -0.3 is 0 Å². The van der Waals surface area contributed by atoms with Crippen LogP contribution < -0.4 is 0 Å². The van der Waals surface area contributed by atoms with E-state index < -0.39 is 26.5 Å². The van der Waals surface area contributed by atoms with Crippen molar-refractivity contribution in [2.75, 3.05) is 6.61 Å². The van der Waals surface area contributed by atoms with E-state index in [-0.39, 0.29) is 12.1 Å². The van der Waals surface area contributed by atoms with E-state index in [1.807, 2.05) is 0 Å². The van der Waals surface area contributed by atoms with E-state index in [0.29, 0.717) is 12.5 Å². The van der Waals surface area contributed by atoms with Crippen molar-refractivity contribution in [3.8, 4) is 0 Å². The van der Waals surface area contributed by atoms with Gasteiger partial charge in [-0.1, -0.05) is 0 Å². The summed E-state index contributed by atoms with van der Waals surface area (Å²) in [4.78, 5) is 15.2. The Morgan fingerprint density at radius 1 is 1.07 bits per heavy atom. The average molecular weight is 516 g/mol. The summed E-state index contributed by atoms with van der Waals surface area (Å²) in [6.45, 7) is 19.3. The third kappa shape index (κ3) is 7.37. The fraction of sp³-hybridized carbons (Fsp3) is 0.870. The van der Waals surface area contributed by atoms with Gasteiger partial charge in [0, 0.05) is 0 Å². The normalized spacial score (nSPS) is 18.9. The fourth-order valence-electron chi connectivity index (χ4n) is 4.40. The standard InChI is InChI=1S/C11H20NO2Si.3C4H9.Sn/c1-9(2)10-8-14-11(13)12(10)6-7-15(3,4)5;3*1-3-4-2;/h7,9-10H,8H2,1-5H3;3*1,3-4H2,2H3;. The molecule has 1 heterocycles. The molecule has 1 saturated heterocycles. The first-order chi connectivity index (χ1) is 13.1. The molecule has 1 aliphatic rings. The van der Waals surface area contributed by atoms with Crippen molar-refractivity contribution in [3.63, 3.8) is 0 Å². The second-order valence-corrected chi connectivity index (χ2v) is 28.3. The Kier molecular flexibility index (Phi) is 11.2. The van der Waals surface area contributed by atoms with E-state index in [1.165, 1.54) is 55.5 Å². The second-order valence-electron chi connectivity index (χ2n) is 10.2. The second kappa shape index (κ2) is 12.0. The van der Waals surface area contributed by atoms with Crippen LogP contribution >= 0.6 is 0 Å². The summed E-state index contributed by atoms with van der Waals surface area (Å²) >= 11 is -2.73. The van der Waals surface area contributed by atoms with E-state index in [4.69, 9.17) is 4.74 Å². The molecule has 0 aliphatic carbocycles. The summed E-state index contributed by atoms with van der Waals surface area (Å²) in [7, 11) is -1.47. The minimum atomic E-state index is -2.73. The summed E-state index contributed by atoms with van der Waals surface area (Å²) in [5, 5.41) is 0. The van der Waals surface area contributed by atoms with Gasteiger partial charge in [0.15, 0.2) is 0 Å². The molecule has 0 saturated carbocycles. The van der Waals surface area contributed by atoms with Crippen molar-refractivity contribution >= 4 is 32.5 Å². The molecule has 1 aliphatic heterocycles. The van der Waals surface area contributed by atoms with Gasteiger partial charge in [-0.05, 0) is 0 Å². The Hall–Kier alpha value is 0.0256. The molecule has 1 atom stereocenters. The van der Waals surface area contributed by atoms with Crippen LogP contribution in [0.25, 0.3) is 0 Å². The molecular formula is C23H47NO2SiSn. The zero-order valence-electron chi connectivity index (χ0n) is 20.1. The predicted molar refractivity (Wildman–Crippen MR) is 128 cm³/mol. The zero-order valence-corrected chi connectivity index (χ0v) is 23.9. The average Bonchev–Trinajstić information content (AvgIpc) is 3.00. The van der Waals surface area contributed by atoms with Crippen LogP contribution in [0.4, 0.5) is 4.79 Å². The first-order valence-electron chi connectivity index (χ1n) is 11.8. The van der Waals surface area contributed by atoms with Crippen LogP contribution in [0, 0.1) is 5.92 Å². The van der Waals surface area contributed by atoms with Crippen molar-refractivity contribution in [3.05, 3.63) is 9.41 Å². The number of ether oxygens (including phenoxy) is 1. The van der Waals surface area contributed by atoms with Crippen molar-refractivity contribution < 1.29 is 9.53 Å². The van der Waals surface area contributed by atoms with E-state index >= 15 is 0 Å². The number of nitrogens with zero attached hydrogens (tertiary/aromatic N) is 1. The predicted octanol–water partition coefficient (Wildman–Crippen LogP) is 7.61. The van der Waals surface area contributed by atoms with Gasteiger partial charge in [0.2, 0.25) is 0 Å². The quantitative estimate of drug-likeness (QED) is 0.236. The van der Waals surface area contributed by atoms with Crippen molar-refractivity contribution in [1.29, 1.82) is 0 Å². The van der Waals surface area contributed by atoms with Crippen molar-refractivity contribution in [2.45, 2.75) is 112 Å². The first-order valence-corrected chi connectivity index (χ1v) is 22.9. The molecule has 0 bridgehead atoms. The Bertz CT molecular complexity index is 491. The number of cyclic esters (lactones) is 1. The topological polar surface area (TPSA) is 29.5 Å². The third-order valence-electron chi connectivity index (χ3n) is 6.07. The summed E-state index contributed by atoms with van der Waals surface area (Å²) in [6.07, 6.45) is 7.68. The molecule has 1 unspecified atom stereocenters. The summed E-state index contributed by atoms with van der Waals surface area (Å²) in [5.41, 5.74) is 2.63. The summed E-state index contributed by atoms with van der Waals surface area (Å²) in [5.74, 6) is 0.434. The zero-order chi connectivity index (χ0) is 21.4. The number of amides is 1. The molecule has 0 aromatic heterocycles. The molecule has 28 heavy (non-hydrogen) atoms. The molecule has 3 nitrogen and oxygen atoms in total. The van der Waals surface area contributed by atoms with Gasteiger partial charge in [0.1, 0.15) is 0 Å². The molecule has 0 radical (unpaired) electrons. The van der Waals surface area contributed by atoms with Gasteiger partial charge in [-0.15, -0.1) is 0 Å². The van der Waals surface area contributed by atoms with Gasteiger partial charge in [-0.25, -0.2) is 0 Å². The third-order valence-corrected chi connectivity index (χ3v) is 23.5. The van der Waals surface area contributed by atoms with E-state index in [9.17, 15) is 4.79 Å². The Balaban J connectivity index is 3.56. The molecule has 0 spiro atoms. The van der Waals surface area contributed by atoms with E-state index in [1.54, 1.807) is 0 Å². The Morgan fingerprint density at radius 3 is 1.89 bits per heavy atom. The maximum absolute atomic E-state index is 13.0. The van der Waals surface area contributed by atoms with Crippen LogP contribution in [0.1, 0.15) is 73.1 Å². The van der Waals surface area contributed by atoms with Crippen LogP contribution in [0.5, 0.6) is 0 Å². The number of carbonyl (C=O) groups excluding carboxylic acids is 1. The van der Waals surface area contributed by atoms with Crippen molar-refractivity contribution in [2.24, 2.45) is 5.92 Å². The molecule has 164 valence electrons. The van der Waals surface area contributed by atoms with Gasteiger partial charge in [0.25, 0.3) is 0 Å². The number of hydrogen-bond donors (Lipinski definition) is 0. The first kappa shape index (κ1) is 26.1. The number of rotatable bonds is 13. The van der Waals surface area contributed by atoms with Crippen LogP contribution in [0.2, 0.25) is 33.0 Å². The Morgan fingerprint density at radius 2 is 1.54 bits per heavy atom. The van der Waals surface area contributed by atoms with E-state index in [0.717, 1.165) is 0 Å². The van der Waals surface area contributed by atoms with Gasteiger partial charge >= 0.3 is 181 Å². The number of carbonyl (C=O) groups is 1. The minimum absolute atomic E-state index is 0.0613. The summed E-state index contributed by atoms with van der Waals surface area (Å²) in [6, 6.07) is 0.219. The number of hydrogen-bond acceptors (Lipinski definition) is 2. The molecule has 0 aromatic carbocycles. The maximum atomic E-state index is 13.0. The van der Waals surface area contributed by atoms with E-state index in [2.05, 4.69) is 64.9 Å². The fourth-order valence-corrected chi connectivity index (χ4v) is 27.3. The van der Waals surface area contributed by atoms with Gasteiger partial charge in [-0.3, -0.25) is 0 Å². The SMILES string of the molecule is CCC[CH2][Sn]([CH2]CCC)([CH2]CCC)/[C](=C\[Si](C)(C)C)N1C(=O)OCC1C(C)C.